The number of thiazole rings is 1. The Balaban J connectivity index is 1.20. The number of anilines is 1. The van der Waals surface area contributed by atoms with Gasteiger partial charge in [0, 0.05) is 22.8 Å². The Morgan fingerprint density at radius 1 is 1.20 bits per heavy atom. The summed E-state index contributed by atoms with van der Waals surface area (Å²) in [6.07, 6.45) is 5.60. The lowest BCUT2D eigenvalue weighted by Gasteiger charge is -2.50. The van der Waals surface area contributed by atoms with E-state index in [-0.39, 0.29) is 35.4 Å². The third-order valence-corrected chi connectivity index (χ3v) is 8.68. The second-order valence-electron chi connectivity index (χ2n) is 9.26. The van der Waals surface area contributed by atoms with Crippen LogP contribution in [0.4, 0.5) is 5.13 Å². The summed E-state index contributed by atoms with van der Waals surface area (Å²) in [6, 6.07) is 14.0. The second kappa shape index (κ2) is 11.1. The molecular weight excluding hydrogens is 566 g/mol. The van der Waals surface area contributed by atoms with Gasteiger partial charge in [0.05, 0.1) is 17.9 Å². The maximum atomic E-state index is 13.3. The van der Waals surface area contributed by atoms with Crippen molar-refractivity contribution >= 4 is 57.4 Å². The minimum Gasteiger partial charge on any atom is -0.543 e. The highest BCUT2D eigenvalue weighted by molar-refractivity contribution is 8.00. The Kier molecular flexibility index (Phi) is 7.15. The van der Waals surface area contributed by atoms with Gasteiger partial charge in [-0.1, -0.05) is 41.6 Å². The fraction of sp³-hybridized carbons (Fsp3) is 0.185. The number of β-lactam (4-membered cyclic amide) rings is 1. The molecule has 12 nitrogen and oxygen atoms in total. The van der Waals surface area contributed by atoms with Crippen molar-refractivity contribution in [2.45, 2.75) is 24.6 Å². The lowest BCUT2D eigenvalue weighted by molar-refractivity contribution is -0.662. The van der Waals surface area contributed by atoms with Crippen molar-refractivity contribution < 1.29 is 28.9 Å². The minimum absolute atomic E-state index is 0.115. The molecule has 2 aliphatic heterocycles. The van der Waals surface area contributed by atoms with Gasteiger partial charge in [-0.05, 0) is 11.6 Å². The van der Waals surface area contributed by atoms with Crippen LogP contribution < -0.4 is 20.7 Å². The van der Waals surface area contributed by atoms with E-state index in [1.54, 1.807) is 5.38 Å². The van der Waals surface area contributed by atoms with Crippen molar-refractivity contribution in [1.82, 2.24) is 19.6 Å². The zero-order valence-corrected chi connectivity index (χ0v) is 23.0. The molecular formula is C27H23N7O5S2. The number of nitrogens with one attached hydrogen (secondary N) is 1. The van der Waals surface area contributed by atoms with Gasteiger partial charge in [0.25, 0.3) is 17.5 Å². The number of carboxylic acids is 1. The van der Waals surface area contributed by atoms with Crippen LogP contribution in [0.2, 0.25) is 0 Å². The van der Waals surface area contributed by atoms with Crippen LogP contribution in [-0.4, -0.2) is 54.9 Å². The Morgan fingerprint density at radius 2 is 2.00 bits per heavy atom. The molecule has 0 saturated carbocycles. The molecule has 0 bridgehead atoms. The number of benzene rings is 1. The topological polar surface area (TPSA) is 158 Å². The summed E-state index contributed by atoms with van der Waals surface area (Å²) in [5.74, 6) is -2.35. The van der Waals surface area contributed by atoms with Crippen molar-refractivity contribution in [3.63, 3.8) is 0 Å². The number of imidazole rings is 1. The van der Waals surface area contributed by atoms with Gasteiger partial charge in [0.2, 0.25) is 0 Å². The van der Waals surface area contributed by atoms with E-state index in [0.29, 0.717) is 11.3 Å². The summed E-state index contributed by atoms with van der Waals surface area (Å²) in [6.45, 7) is 0.384. The molecule has 1 fully saturated rings. The summed E-state index contributed by atoms with van der Waals surface area (Å²) >= 11 is 2.50. The number of rotatable bonds is 9. The number of nitrogen functional groups attached to an aromatic ring is 1. The predicted octanol–water partition coefficient (Wildman–Crippen LogP) is 0.291. The number of aromatic nitrogens is 3. The van der Waals surface area contributed by atoms with Gasteiger partial charge in [-0.3, -0.25) is 14.5 Å². The maximum Gasteiger partial charge on any atom is 0.286 e. The fourth-order valence-electron chi connectivity index (χ4n) is 4.73. The molecule has 6 rings (SSSR count). The maximum absolute atomic E-state index is 13.3. The zero-order chi connectivity index (χ0) is 28.5. The highest BCUT2D eigenvalue weighted by atomic mass is 32.2. The summed E-state index contributed by atoms with van der Waals surface area (Å²) in [5, 5.41) is 20.1. The monoisotopic (exact) mass is 589 g/mol. The van der Waals surface area contributed by atoms with Gasteiger partial charge in [-0.15, -0.1) is 23.1 Å². The fourth-order valence-corrected chi connectivity index (χ4v) is 6.62. The first-order valence-corrected chi connectivity index (χ1v) is 14.4. The number of oxime groups is 1. The van der Waals surface area contributed by atoms with Crippen LogP contribution in [0.15, 0.2) is 88.9 Å². The summed E-state index contributed by atoms with van der Waals surface area (Å²) in [5.41, 5.74) is 7.92. The SMILES string of the molecule is Nc1nc(/C(=N/OCc2ccccc2)C(=O)N[C@@H]2C(=O)N3C(C(=O)[O-])=C(C[n+]4ccn5ccccc54)CS[C@H]23)cs1. The highest BCUT2D eigenvalue weighted by Gasteiger charge is 2.53. The molecule has 0 spiro atoms. The van der Waals surface area contributed by atoms with E-state index in [1.165, 1.54) is 16.7 Å². The van der Waals surface area contributed by atoms with Crippen LogP contribution in [0.1, 0.15) is 11.3 Å². The molecule has 1 aromatic carbocycles. The quantitative estimate of drug-likeness (QED) is 0.122. The summed E-state index contributed by atoms with van der Waals surface area (Å²) in [7, 11) is 0. The first-order chi connectivity index (χ1) is 19.9. The molecule has 0 unspecified atom stereocenters. The van der Waals surface area contributed by atoms with Crippen LogP contribution in [-0.2, 0) is 32.4 Å². The second-order valence-corrected chi connectivity index (χ2v) is 11.3. The van der Waals surface area contributed by atoms with Crippen LogP contribution in [0, 0.1) is 0 Å². The van der Waals surface area contributed by atoms with Gasteiger partial charge in [0.15, 0.2) is 10.8 Å². The molecule has 0 aliphatic carbocycles. The molecule has 2 atom stereocenters. The molecule has 1 saturated heterocycles. The normalized spacial score (nSPS) is 18.7. The van der Waals surface area contributed by atoms with Gasteiger partial charge in [-0.25, -0.2) is 14.0 Å². The van der Waals surface area contributed by atoms with E-state index < -0.39 is 29.2 Å². The number of aliphatic carboxylic acids is 1. The van der Waals surface area contributed by atoms with Crippen LogP contribution in [0.5, 0.6) is 0 Å². The van der Waals surface area contributed by atoms with E-state index in [0.717, 1.165) is 22.5 Å². The molecule has 2 aliphatic rings. The first kappa shape index (κ1) is 26.5. The van der Waals surface area contributed by atoms with Crippen LogP contribution >= 0.6 is 23.1 Å². The molecule has 208 valence electrons. The average molecular weight is 590 g/mol. The van der Waals surface area contributed by atoms with Gasteiger partial charge >= 0.3 is 0 Å². The lowest BCUT2D eigenvalue weighted by atomic mass is 10.0. The molecule has 3 aromatic heterocycles. The van der Waals surface area contributed by atoms with Crippen molar-refractivity contribution in [3.05, 3.63) is 95.0 Å². The van der Waals surface area contributed by atoms with E-state index in [1.807, 2.05) is 76.1 Å². The van der Waals surface area contributed by atoms with Crippen molar-refractivity contribution in [3.8, 4) is 0 Å². The van der Waals surface area contributed by atoms with Gasteiger partial charge in [-0.2, -0.15) is 0 Å². The number of hydrogen-bond acceptors (Lipinski definition) is 10. The number of pyridine rings is 1. The molecule has 5 heterocycles. The molecule has 2 amide bonds. The first-order valence-electron chi connectivity index (χ1n) is 12.5. The molecule has 14 heteroatoms. The van der Waals surface area contributed by atoms with Crippen LogP contribution in [0.3, 0.4) is 0 Å². The Bertz CT molecular complexity index is 1710. The summed E-state index contributed by atoms with van der Waals surface area (Å²) < 4.78 is 3.82. The minimum atomic E-state index is -1.44. The third-order valence-electron chi connectivity index (χ3n) is 6.67. The number of hydrogen-bond donors (Lipinski definition) is 2. The third kappa shape index (κ3) is 5.14. The number of carbonyl (C=O) groups is 3. The number of carboxylic acid groups (broad SMARTS) is 1. The van der Waals surface area contributed by atoms with E-state index in [4.69, 9.17) is 10.6 Å². The smallest absolute Gasteiger partial charge is 0.286 e. The van der Waals surface area contributed by atoms with E-state index in [9.17, 15) is 19.5 Å². The predicted molar refractivity (Wildman–Crippen MR) is 149 cm³/mol. The van der Waals surface area contributed by atoms with Crippen molar-refractivity contribution in [2.24, 2.45) is 5.16 Å². The molecule has 3 N–H and O–H groups in total. The highest BCUT2D eigenvalue weighted by Crippen LogP contribution is 2.40. The van der Waals surface area contributed by atoms with Gasteiger partial charge < -0.3 is 25.8 Å². The Morgan fingerprint density at radius 3 is 2.76 bits per heavy atom. The zero-order valence-electron chi connectivity index (χ0n) is 21.4. The molecule has 4 aromatic rings. The molecule has 0 radical (unpaired) electrons. The van der Waals surface area contributed by atoms with Crippen LogP contribution in [0.25, 0.3) is 5.65 Å². The molecule has 41 heavy (non-hydrogen) atoms. The standard InChI is InChI=1S/C27H23N7O5S2/c28-27-29-18(15-41-27)20(31-39-13-16-6-2-1-3-7-16)23(35)30-21-24(36)34-22(26(37)38)17(14-40-25(21)34)12-33-11-10-32-9-5-4-8-19(32)33/h1-11,15,21,25H,12-14H2,(H3-,28,29,30,35,37,38)/b31-20-/t21-,25-/m1/s1. The average Bonchev–Trinajstić information content (AvgIpc) is 3.60. The Hall–Kier alpha value is -4.69. The Labute approximate surface area is 241 Å². The lowest BCUT2D eigenvalue weighted by Crippen LogP contribution is -2.71. The number of carbonyl (C=O) groups excluding carboxylic acids is 3. The van der Waals surface area contributed by atoms with E-state index >= 15 is 0 Å². The van der Waals surface area contributed by atoms with Gasteiger partial charge in [0.1, 0.15) is 42.7 Å². The number of nitrogens with zero attached hydrogens (tertiary/aromatic N) is 5. The van der Waals surface area contributed by atoms with Crippen molar-refractivity contribution in [2.75, 3.05) is 11.5 Å². The number of amides is 2. The van der Waals surface area contributed by atoms with E-state index in [2.05, 4.69) is 15.5 Å². The number of fused-ring (bicyclic) bond motifs is 2. The number of nitrogens with two attached hydrogens (primary N) is 1. The number of thioether (sulfide) groups is 1. The summed E-state index contributed by atoms with van der Waals surface area (Å²) in [4.78, 5) is 49.5. The van der Waals surface area contributed by atoms with Crippen molar-refractivity contribution in [1.29, 1.82) is 0 Å². The largest absolute Gasteiger partial charge is 0.543 e.